The van der Waals surface area contributed by atoms with Gasteiger partial charge in [0.15, 0.2) is 0 Å². The van der Waals surface area contributed by atoms with Gasteiger partial charge >= 0.3 is 0 Å². The maximum Gasteiger partial charge on any atom is 0.126 e. The van der Waals surface area contributed by atoms with Crippen molar-refractivity contribution >= 4 is 11.6 Å². The highest BCUT2D eigenvalue weighted by molar-refractivity contribution is 6.31. The summed E-state index contributed by atoms with van der Waals surface area (Å²) in [5.41, 5.74) is 2.33. The Bertz CT molecular complexity index is 580. The molecule has 19 heavy (non-hydrogen) atoms. The molecule has 1 heterocycles. The number of nitrogens with zero attached hydrogens (tertiary/aromatic N) is 2. The van der Waals surface area contributed by atoms with Crippen LogP contribution in [0.3, 0.4) is 0 Å². The monoisotopic (exact) mass is 281 g/mol. The molecule has 1 unspecified atom stereocenters. The number of aromatic nitrogens is 2. The molecule has 0 aliphatic heterocycles. The molecule has 0 saturated heterocycles. The molecule has 1 N–H and O–H groups in total. The molecule has 2 aromatic rings. The lowest BCUT2D eigenvalue weighted by atomic mass is 10.0. The van der Waals surface area contributed by atoms with E-state index in [2.05, 4.69) is 10.4 Å². The van der Waals surface area contributed by atoms with Gasteiger partial charge in [-0.2, -0.15) is 5.10 Å². The molecule has 1 aromatic heterocycles. The van der Waals surface area contributed by atoms with Crippen LogP contribution < -0.4 is 5.32 Å². The van der Waals surface area contributed by atoms with Crippen LogP contribution in [0.25, 0.3) is 0 Å². The van der Waals surface area contributed by atoms with E-state index < -0.39 is 0 Å². The van der Waals surface area contributed by atoms with Gasteiger partial charge in [-0.3, -0.25) is 4.68 Å². The minimum absolute atomic E-state index is 0.176. The van der Waals surface area contributed by atoms with Gasteiger partial charge in [-0.05, 0) is 38.1 Å². The van der Waals surface area contributed by atoms with Crippen molar-refractivity contribution < 1.29 is 4.39 Å². The van der Waals surface area contributed by atoms with Crippen LogP contribution in [-0.2, 0) is 6.54 Å². The first-order chi connectivity index (χ1) is 9.08. The fourth-order valence-electron chi connectivity index (χ4n) is 2.16. The van der Waals surface area contributed by atoms with Crippen LogP contribution in [0, 0.1) is 12.7 Å². The normalized spacial score (nSPS) is 12.7. The van der Waals surface area contributed by atoms with Gasteiger partial charge in [0.25, 0.3) is 0 Å². The van der Waals surface area contributed by atoms with E-state index >= 15 is 0 Å². The highest BCUT2D eigenvalue weighted by Crippen LogP contribution is 2.28. The van der Waals surface area contributed by atoms with Crippen molar-refractivity contribution in [2.24, 2.45) is 0 Å². The number of benzene rings is 1. The first-order valence-corrected chi connectivity index (χ1v) is 6.60. The quantitative estimate of drug-likeness (QED) is 0.932. The van der Waals surface area contributed by atoms with Gasteiger partial charge in [-0.15, -0.1) is 0 Å². The Morgan fingerprint density at radius 1 is 1.47 bits per heavy atom. The molecule has 0 aliphatic rings. The van der Waals surface area contributed by atoms with Gasteiger partial charge in [0.2, 0.25) is 0 Å². The summed E-state index contributed by atoms with van der Waals surface area (Å²) in [5.74, 6) is -0.212. The molecule has 0 fully saturated rings. The zero-order valence-corrected chi connectivity index (χ0v) is 12.0. The Labute approximate surface area is 117 Å². The van der Waals surface area contributed by atoms with Crippen molar-refractivity contribution in [1.82, 2.24) is 15.1 Å². The maximum atomic E-state index is 13.7. The summed E-state index contributed by atoms with van der Waals surface area (Å²) in [6, 6.07) is 5.04. The second kappa shape index (κ2) is 5.72. The van der Waals surface area contributed by atoms with Crippen LogP contribution in [-0.4, -0.2) is 16.8 Å². The summed E-state index contributed by atoms with van der Waals surface area (Å²) < 4.78 is 15.5. The third kappa shape index (κ3) is 2.65. The smallest absolute Gasteiger partial charge is 0.126 e. The Hall–Kier alpha value is -1.39. The molecule has 102 valence electrons. The molecule has 0 amide bonds. The van der Waals surface area contributed by atoms with Crippen LogP contribution in [0.5, 0.6) is 0 Å². The topological polar surface area (TPSA) is 29.9 Å². The zero-order valence-electron chi connectivity index (χ0n) is 11.2. The van der Waals surface area contributed by atoms with Crippen molar-refractivity contribution in [1.29, 1.82) is 0 Å². The molecule has 1 aromatic carbocycles. The van der Waals surface area contributed by atoms with Crippen molar-refractivity contribution in [2.45, 2.75) is 26.4 Å². The van der Waals surface area contributed by atoms with E-state index in [1.807, 2.05) is 24.7 Å². The number of hydrogen-bond donors (Lipinski definition) is 1. The third-order valence-corrected chi connectivity index (χ3v) is 3.52. The van der Waals surface area contributed by atoms with Crippen molar-refractivity contribution in [2.75, 3.05) is 7.05 Å². The van der Waals surface area contributed by atoms with E-state index in [9.17, 15) is 4.39 Å². The fraction of sp³-hybridized carbons (Fsp3) is 0.357. The molecule has 5 heteroatoms. The van der Waals surface area contributed by atoms with Gasteiger partial charge in [0.1, 0.15) is 5.82 Å². The minimum Gasteiger partial charge on any atom is -0.308 e. The first-order valence-electron chi connectivity index (χ1n) is 6.23. The third-order valence-electron chi connectivity index (χ3n) is 3.22. The lowest BCUT2D eigenvalue weighted by Crippen LogP contribution is -2.22. The molecule has 0 spiro atoms. The zero-order chi connectivity index (χ0) is 14.0. The molecule has 0 aliphatic carbocycles. The Morgan fingerprint density at radius 3 is 2.79 bits per heavy atom. The molecule has 0 bridgehead atoms. The molecule has 0 saturated carbocycles. The van der Waals surface area contributed by atoms with E-state index in [1.165, 1.54) is 0 Å². The van der Waals surface area contributed by atoms with E-state index in [4.69, 9.17) is 11.6 Å². The second-order valence-corrected chi connectivity index (χ2v) is 4.83. The summed E-state index contributed by atoms with van der Waals surface area (Å²) >= 11 is 6.20. The highest BCUT2D eigenvalue weighted by Gasteiger charge is 2.20. The minimum atomic E-state index is -0.212. The van der Waals surface area contributed by atoms with Crippen molar-refractivity contribution in [3.8, 4) is 0 Å². The van der Waals surface area contributed by atoms with Gasteiger partial charge in [0, 0.05) is 6.54 Å². The second-order valence-electron chi connectivity index (χ2n) is 4.42. The standard InChI is InChI=1S/C14H17ClFN3/c1-4-19-14(11(15)8-18-19)13(17-3)10-6-5-9(2)12(16)7-10/h5-8,13,17H,4H2,1-3H3. The van der Waals surface area contributed by atoms with E-state index in [1.54, 1.807) is 25.3 Å². The molecule has 3 nitrogen and oxygen atoms in total. The van der Waals surface area contributed by atoms with Crippen molar-refractivity contribution in [3.05, 3.63) is 52.1 Å². The lowest BCUT2D eigenvalue weighted by molar-refractivity contribution is 0.557. The largest absolute Gasteiger partial charge is 0.308 e. The number of halogens is 2. The van der Waals surface area contributed by atoms with E-state index in [-0.39, 0.29) is 11.9 Å². The Balaban J connectivity index is 2.49. The highest BCUT2D eigenvalue weighted by atomic mass is 35.5. The SMILES string of the molecule is CCn1ncc(Cl)c1C(NC)c1ccc(C)c(F)c1. The summed E-state index contributed by atoms with van der Waals surface area (Å²) in [6.07, 6.45) is 1.62. The van der Waals surface area contributed by atoms with Crippen LogP contribution in [0.2, 0.25) is 5.02 Å². The predicted octanol–water partition coefficient (Wildman–Crippen LogP) is 3.31. The maximum absolute atomic E-state index is 13.7. The van der Waals surface area contributed by atoms with Crippen LogP contribution in [0.15, 0.2) is 24.4 Å². The summed E-state index contributed by atoms with van der Waals surface area (Å²) in [7, 11) is 1.83. The van der Waals surface area contributed by atoms with Crippen LogP contribution in [0.4, 0.5) is 4.39 Å². The first kappa shape index (κ1) is 14.0. The summed E-state index contributed by atoms with van der Waals surface area (Å²) in [5, 5.41) is 7.98. The number of hydrogen-bond acceptors (Lipinski definition) is 2. The Kier molecular flexibility index (Phi) is 4.22. The van der Waals surface area contributed by atoms with E-state index in [0.29, 0.717) is 17.1 Å². The number of nitrogens with one attached hydrogen (secondary N) is 1. The van der Waals surface area contributed by atoms with E-state index in [0.717, 1.165) is 11.3 Å². The van der Waals surface area contributed by atoms with Gasteiger partial charge in [-0.25, -0.2) is 4.39 Å². The lowest BCUT2D eigenvalue weighted by Gasteiger charge is -2.19. The number of aryl methyl sites for hydroxylation is 2. The molecule has 2 rings (SSSR count). The average Bonchev–Trinajstić information content (AvgIpc) is 2.76. The summed E-state index contributed by atoms with van der Waals surface area (Å²) in [4.78, 5) is 0. The molecular formula is C14H17ClFN3. The Morgan fingerprint density at radius 2 is 2.21 bits per heavy atom. The molecular weight excluding hydrogens is 265 g/mol. The van der Waals surface area contributed by atoms with Crippen LogP contribution in [0.1, 0.15) is 29.8 Å². The van der Waals surface area contributed by atoms with Crippen molar-refractivity contribution in [3.63, 3.8) is 0 Å². The number of rotatable bonds is 4. The summed E-state index contributed by atoms with van der Waals surface area (Å²) in [6.45, 7) is 4.46. The fourth-order valence-corrected chi connectivity index (χ4v) is 2.41. The average molecular weight is 282 g/mol. The van der Waals surface area contributed by atoms with Gasteiger partial charge in [-0.1, -0.05) is 23.7 Å². The van der Waals surface area contributed by atoms with Gasteiger partial charge < -0.3 is 5.32 Å². The molecule has 0 radical (unpaired) electrons. The predicted molar refractivity (Wildman–Crippen MR) is 75.0 cm³/mol. The van der Waals surface area contributed by atoms with Gasteiger partial charge in [0.05, 0.1) is 23.0 Å². The van der Waals surface area contributed by atoms with Crippen LogP contribution >= 0.6 is 11.6 Å². The molecule has 1 atom stereocenters.